The Morgan fingerprint density at radius 2 is 1.97 bits per heavy atom. The fraction of sp³-hybridized carbons (Fsp3) is 0.333. The molecule has 1 aliphatic carbocycles. The van der Waals surface area contributed by atoms with Gasteiger partial charge in [0.05, 0.1) is 29.9 Å². The minimum absolute atomic E-state index is 0.161. The van der Waals surface area contributed by atoms with Crippen molar-refractivity contribution < 1.29 is 9.18 Å². The average Bonchev–Trinajstić information content (AvgIpc) is 3.45. The quantitative estimate of drug-likeness (QED) is 0.433. The zero-order valence-electron chi connectivity index (χ0n) is 18.2. The van der Waals surface area contributed by atoms with Crippen LogP contribution in [0.5, 0.6) is 0 Å². The first-order chi connectivity index (χ1) is 15.5. The summed E-state index contributed by atoms with van der Waals surface area (Å²) in [6.45, 7) is 3.16. The Morgan fingerprint density at radius 3 is 2.62 bits per heavy atom. The molecule has 32 heavy (non-hydrogen) atoms. The molecule has 3 aromatic heterocycles. The fourth-order valence-electron chi connectivity index (χ4n) is 3.99. The number of hydrogen-bond donors (Lipinski definition) is 0. The molecule has 1 saturated carbocycles. The molecule has 1 aromatic carbocycles. The van der Waals surface area contributed by atoms with E-state index in [1.165, 1.54) is 12.1 Å². The summed E-state index contributed by atoms with van der Waals surface area (Å²) in [6.07, 6.45) is 8.45. The number of anilines is 1. The van der Waals surface area contributed by atoms with E-state index in [2.05, 4.69) is 17.1 Å². The number of halogens is 1. The lowest BCUT2D eigenvalue weighted by molar-refractivity contribution is 0.0986. The minimum atomic E-state index is -0.342. The summed E-state index contributed by atoms with van der Waals surface area (Å²) < 4.78 is 17.2. The molecule has 8 heteroatoms. The Labute approximate surface area is 185 Å². The van der Waals surface area contributed by atoms with Gasteiger partial charge in [-0.1, -0.05) is 6.92 Å². The predicted molar refractivity (Wildman–Crippen MR) is 120 cm³/mol. The molecule has 0 saturated heterocycles. The fourth-order valence-corrected chi connectivity index (χ4v) is 3.99. The van der Waals surface area contributed by atoms with E-state index in [0.717, 1.165) is 48.1 Å². The lowest BCUT2D eigenvalue weighted by atomic mass is 10.1. The van der Waals surface area contributed by atoms with E-state index in [-0.39, 0.29) is 11.7 Å². The summed E-state index contributed by atoms with van der Waals surface area (Å²) in [5.74, 6) is -0.106. The maximum Gasteiger partial charge on any atom is 0.259 e. The van der Waals surface area contributed by atoms with Crippen molar-refractivity contribution in [2.24, 2.45) is 7.05 Å². The van der Waals surface area contributed by atoms with Gasteiger partial charge >= 0.3 is 0 Å². The average molecular weight is 433 g/mol. The number of nitrogens with zero attached hydrogens (tertiary/aromatic N) is 6. The Hall–Kier alpha value is -3.55. The number of amides is 1. The molecule has 0 unspecified atom stereocenters. The van der Waals surface area contributed by atoms with Gasteiger partial charge in [-0.15, -0.1) is 0 Å². The van der Waals surface area contributed by atoms with E-state index in [0.29, 0.717) is 23.7 Å². The van der Waals surface area contributed by atoms with Gasteiger partial charge in [0.15, 0.2) is 5.65 Å². The van der Waals surface area contributed by atoms with Crippen molar-refractivity contribution in [1.82, 2.24) is 24.5 Å². The van der Waals surface area contributed by atoms with Crippen molar-refractivity contribution in [3.05, 3.63) is 71.6 Å². The summed E-state index contributed by atoms with van der Waals surface area (Å²) in [7, 11) is 1.84. The van der Waals surface area contributed by atoms with Crippen molar-refractivity contribution in [1.29, 1.82) is 0 Å². The second-order valence-electron chi connectivity index (χ2n) is 8.36. The van der Waals surface area contributed by atoms with Crippen LogP contribution in [0.2, 0.25) is 0 Å². The zero-order valence-corrected chi connectivity index (χ0v) is 18.2. The van der Waals surface area contributed by atoms with Gasteiger partial charge in [0.25, 0.3) is 5.91 Å². The molecular weight excluding hydrogens is 407 g/mol. The largest absolute Gasteiger partial charge is 0.304 e. The number of aryl methyl sites for hydroxylation is 2. The van der Waals surface area contributed by atoms with Crippen LogP contribution < -0.4 is 4.90 Å². The molecule has 0 atom stereocenters. The highest BCUT2D eigenvalue weighted by Crippen LogP contribution is 2.40. The summed E-state index contributed by atoms with van der Waals surface area (Å²) in [6, 6.07) is 7.92. The molecule has 164 valence electrons. The molecule has 0 N–H and O–H groups in total. The number of aromatic nitrogens is 5. The zero-order chi connectivity index (χ0) is 22.2. The second kappa shape index (κ2) is 8.18. The normalized spacial score (nSPS) is 13.6. The van der Waals surface area contributed by atoms with E-state index in [1.54, 1.807) is 34.1 Å². The van der Waals surface area contributed by atoms with Gasteiger partial charge in [0.1, 0.15) is 5.82 Å². The van der Waals surface area contributed by atoms with Crippen LogP contribution in [0, 0.1) is 5.82 Å². The monoisotopic (exact) mass is 432 g/mol. The predicted octanol–water partition coefficient (Wildman–Crippen LogP) is 4.44. The van der Waals surface area contributed by atoms with Gasteiger partial charge in [0.2, 0.25) is 0 Å². The van der Waals surface area contributed by atoms with Crippen LogP contribution in [0.25, 0.3) is 11.0 Å². The first-order valence-corrected chi connectivity index (χ1v) is 10.9. The smallest absolute Gasteiger partial charge is 0.259 e. The summed E-state index contributed by atoms with van der Waals surface area (Å²) in [5, 5.41) is 9.47. The summed E-state index contributed by atoms with van der Waals surface area (Å²) >= 11 is 0. The highest BCUT2D eigenvalue weighted by molar-refractivity contribution is 6.13. The number of pyridine rings is 1. The van der Waals surface area contributed by atoms with Crippen LogP contribution in [-0.4, -0.2) is 30.5 Å². The number of carbonyl (C=O) groups excluding carboxylic acids is 1. The second-order valence-corrected chi connectivity index (χ2v) is 8.36. The maximum absolute atomic E-state index is 14.0. The van der Waals surface area contributed by atoms with Gasteiger partial charge in [-0.25, -0.2) is 14.1 Å². The molecule has 5 rings (SSSR count). The number of benzene rings is 1. The highest BCUT2D eigenvalue weighted by atomic mass is 19.1. The number of fused-ring (bicyclic) bond motifs is 1. The lowest BCUT2D eigenvalue weighted by Crippen LogP contribution is -2.30. The molecule has 0 spiro atoms. The topological polar surface area (TPSA) is 68.8 Å². The summed E-state index contributed by atoms with van der Waals surface area (Å²) in [5.41, 5.74) is 3.78. The highest BCUT2D eigenvalue weighted by Gasteiger charge is 2.29. The first-order valence-electron chi connectivity index (χ1n) is 10.9. The molecule has 1 fully saturated rings. The minimum Gasteiger partial charge on any atom is -0.304 e. The molecule has 1 amide bonds. The van der Waals surface area contributed by atoms with Crippen molar-refractivity contribution in [2.45, 2.75) is 45.2 Å². The standard InChI is InChI=1S/C24H25FN6O/c1-3-10-31-23-21(13-27-31)20(11-22(28-23)17-4-5-17)24(32)30(15-16-12-26-29(2)14-16)19-8-6-18(25)7-9-19/h6-9,11-14,17H,3-5,10,15H2,1-2H3. The van der Waals surface area contributed by atoms with E-state index in [4.69, 9.17) is 4.98 Å². The SMILES string of the molecule is CCCn1ncc2c(C(=O)N(Cc3cnn(C)c3)c3ccc(F)cc3)cc(C3CC3)nc21. The summed E-state index contributed by atoms with van der Waals surface area (Å²) in [4.78, 5) is 20.5. The Bertz CT molecular complexity index is 1270. The third kappa shape index (κ3) is 3.88. The lowest BCUT2D eigenvalue weighted by Gasteiger charge is -2.23. The van der Waals surface area contributed by atoms with Gasteiger partial charge in [0, 0.05) is 42.7 Å². The van der Waals surface area contributed by atoms with Gasteiger partial charge in [-0.3, -0.25) is 9.48 Å². The van der Waals surface area contributed by atoms with Crippen LogP contribution in [0.4, 0.5) is 10.1 Å². The first kappa shape index (κ1) is 20.4. The third-order valence-corrected chi connectivity index (χ3v) is 5.77. The molecule has 3 heterocycles. The van der Waals surface area contributed by atoms with Crippen LogP contribution >= 0.6 is 0 Å². The van der Waals surface area contributed by atoms with Crippen molar-refractivity contribution in [3.63, 3.8) is 0 Å². The van der Waals surface area contributed by atoms with Gasteiger partial charge < -0.3 is 4.90 Å². The van der Waals surface area contributed by atoms with Crippen LogP contribution in [0.3, 0.4) is 0 Å². The van der Waals surface area contributed by atoms with Crippen LogP contribution in [0.1, 0.15) is 53.7 Å². The molecular formula is C24H25FN6O. The van der Waals surface area contributed by atoms with Crippen molar-refractivity contribution >= 4 is 22.6 Å². The molecule has 1 aliphatic rings. The van der Waals surface area contributed by atoms with E-state index in [9.17, 15) is 9.18 Å². The van der Waals surface area contributed by atoms with Gasteiger partial charge in [-0.05, 0) is 49.6 Å². The number of carbonyl (C=O) groups is 1. The molecule has 0 bridgehead atoms. The van der Waals surface area contributed by atoms with Crippen LogP contribution in [0.15, 0.2) is 48.9 Å². The Balaban J connectivity index is 1.61. The van der Waals surface area contributed by atoms with Crippen molar-refractivity contribution in [2.75, 3.05) is 4.90 Å². The molecule has 0 aliphatic heterocycles. The third-order valence-electron chi connectivity index (χ3n) is 5.77. The Kier molecular flexibility index (Phi) is 5.20. The van der Waals surface area contributed by atoms with Crippen LogP contribution in [-0.2, 0) is 20.1 Å². The van der Waals surface area contributed by atoms with Crippen molar-refractivity contribution in [3.8, 4) is 0 Å². The maximum atomic E-state index is 14.0. The van der Waals surface area contributed by atoms with E-state index < -0.39 is 0 Å². The van der Waals surface area contributed by atoms with E-state index >= 15 is 0 Å². The Morgan fingerprint density at radius 1 is 1.19 bits per heavy atom. The molecule has 0 radical (unpaired) electrons. The number of hydrogen-bond acceptors (Lipinski definition) is 4. The molecule has 4 aromatic rings. The van der Waals surface area contributed by atoms with Gasteiger partial charge in [-0.2, -0.15) is 10.2 Å². The number of rotatable bonds is 7. The molecule has 7 nitrogen and oxygen atoms in total. The van der Waals surface area contributed by atoms with E-state index in [1.807, 2.05) is 24.0 Å².